The minimum absolute atomic E-state index is 0.0578. The van der Waals surface area contributed by atoms with E-state index in [0.29, 0.717) is 13.0 Å². The zero-order valence-corrected chi connectivity index (χ0v) is 18.8. The highest BCUT2D eigenvalue weighted by Gasteiger charge is 2.24. The van der Waals surface area contributed by atoms with Crippen LogP contribution in [0.15, 0.2) is 24.3 Å². The Labute approximate surface area is 180 Å². The van der Waals surface area contributed by atoms with Gasteiger partial charge in [-0.3, -0.25) is 4.79 Å². The molecule has 170 valence electrons. The number of piperidine rings is 1. The van der Waals surface area contributed by atoms with Gasteiger partial charge in [0.25, 0.3) is 0 Å². The minimum Gasteiger partial charge on any atom is -0.494 e. The van der Waals surface area contributed by atoms with Crippen LogP contribution in [0.1, 0.15) is 57.4 Å². The topological polar surface area (TPSA) is 105 Å². The van der Waals surface area contributed by atoms with Gasteiger partial charge in [0, 0.05) is 0 Å². The fourth-order valence-electron chi connectivity index (χ4n) is 3.64. The van der Waals surface area contributed by atoms with Gasteiger partial charge >= 0.3 is 5.97 Å². The van der Waals surface area contributed by atoms with E-state index < -0.39 is 22.0 Å². The van der Waals surface area contributed by atoms with Crippen molar-refractivity contribution in [2.24, 2.45) is 5.92 Å². The second kappa shape index (κ2) is 12.9. The molecule has 1 heterocycles. The Morgan fingerprint density at radius 3 is 2.53 bits per heavy atom. The number of aliphatic carboxylic acids is 1. The molecule has 30 heavy (non-hydrogen) atoms. The van der Waals surface area contributed by atoms with Crippen LogP contribution >= 0.6 is 0 Å². The summed E-state index contributed by atoms with van der Waals surface area (Å²) >= 11 is 0. The van der Waals surface area contributed by atoms with Gasteiger partial charge in [0.2, 0.25) is 10.0 Å². The smallest absolute Gasteiger partial charge is 0.322 e. The van der Waals surface area contributed by atoms with Crippen molar-refractivity contribution < 1.29 is 23.1 Å². The molecule has 8 heteroatoms. The average molecular weight is 441 g/mol. The summed E-state index contributed by atoms with van der Waals surface area (Å²) in [6.45, 7) is 4.83. The number of nitrogens with one attached hydrogen (secondary N) is 2. The number of ether oxygens (including phenoxy) is 1. The minimum atomic E-state index is -3.60. The molecule has 7 nitrogen and oxygen atoms in total. The van der Waals surface area contributed by atoms with Gasteiger partial charge in [0.1, 0.15) is 11.8 Å². The van der Waals surface area contributed by atoms with Crippen LogP contribution < -0.4 is 14.8 Å². The fourth-order valence-corrected chi connectivity index (χ4v) is 5.05. The highest BCUT2D eigenvalue weighted by Crippen LogP contribution is 2.19. The van der Waals surface area contributed by atoms with Gasteiger partial charge in [-0.25, -0.2) is 13.1 Å². The number of hydrogen-bond donors (Lipinski definition) is 3. The maximum atomic E-state index is 12.0. The standard InChI is InChI=1S/C22H36N2O5S/c1-2-3-16-30(27,28)24-21(22(25)26)17-19-7-9-20(10-8-19)29-15-5-4-6-18-11-13-23-14-12-18/h7-10,18,21,23-24H,2-6,11-17H2,1H3,(H,25,26)/t21-/m1/s1. The average Bonchev–Trinajstić information content (AvgIpc) is 2.73. The molecule has 0 aromatic heterocycles. The summed E-state index contributed by atoms with van der Waals surface area (Å²) in [6, 6.07) is 6.04. The van der Waals surface area contributed by atoms with E-state index >= 15 is 0 Å². The van der Waals surface area contributed by atoms with Crippen molar-refractivity contribution in [3.05, 3.63) is 29.8 Å². The Bertz CT molecular complexity index is 730. The molecular formula is C22H36N2O5S. The van der Waals surface area contributed by atoms with Gasteiger partial charge in [0.05, 0.1) is 12.4 Å². The van der Waals surface area contributed by atoms with Gasteiger partial charge < -0.3 is 15.2 Å². The summed E-state index contributed by atoms with van der Waals surface area (Å²) in [4.78, 5) is 11.5. The van der Waals surface area contributed by atoms with Crippen molar-refractivity contribution in [3.63, 3.8) is 0 Å². The molecule has 1 atom stereocenters. The van der Waals surface area contributed by atoms with E-state index in [1.165, 1.54) is 25.7 Å². The predicted molar refractivity (Wildman–Crippen MR) is 118 cm³/mol. The summed E-state index contributed by atoms with van der Waals surface area (Å²) < 4.78 is 32.1. The SMILES string of the molecule is CCCCS(=O)(=O)N[C@H](Cc1ccc(OCCCCC2CCNCC2)cc1)C(=O)O. The summed E-state index contributed by atoms with van der Waals surface area (Å²) in [7, 11) is -3.60. The molecule has 0 radical (unpaired) electrons. The van der Waals surface area contributed by atoms with Gasteiger partial charge in [0.15, 0.2) is 0 Å². The van der Waals surface area contributed by atoms with Crippen LogP contribution in [0.2, 0.25) is 0 Å². The Morgan fingerprint density at radius 1 is 1.20 bits per heavy atom. The Morgan fingerprint density at radius 2 is 1.90 bits per heavy atom. The lowest BCUT2D eigenvalue weighted by Gasteiger charge is -2.22. The lowest BCUT2D eigenvalue weighted by molar-refractivity contribution is -0.138. The number of hydrogen-bond acceptors (Lipinski definition) is 5. The van der Waals surface area contributed by atoms with Crippen molar-refractivity contribution in [3.8, 4) is 5.75 Å². The molecular weight excluding hydrogens is 404 g/mol. The molecule has 1 aliphatic rings. The monoisotopic (exact) mass is 440 g/mol. The van der Waals surface area contributed by atoms with Crippen LogP contribution in [-0.4, -0.2) is 51.0 Å². The lowest BCUT2D eigenvalue weighted by atomic mass is 9.93. The molecule has 1 aromatic rings. The first-order chi connectivity index (χ1) is 14.4. The summed E-state index contributed by atoms with van der Waals surface area (Å²) in [6.07, 6.45) is 7.33. The maximum Gasteiger partial charge on any atom is 0.322 e. The molecule has 3 N–H and O–H groups in total. The number of rotatable bonds is 14. The van der Waals surface area contributed by atoms with Crippen LogP contribution in [0, 0.1) is 5.92 Å². The quantitative estimate of drug-likeness (QED) is 0.384. The van der Waals surface area contributed by atoms with Crippen molar-refractivity contribution in [2.45, 2.75) is 64.3 Å². The second-order valence-corrected chi connectivity index (χ2v) is 9.94. The van der Waals surface area contributed by atoms with Gasteiger partial charge in [-0.15, -0.1) is 0 Å². The zero-order chi connectivity index (χ0) is 21.8. The fraction of sp³-hybridized carbons (Fsp3) is 0.682. The van der Waals surface area contributed by atoms with Crippen LogP contribution in [0.4, 0.5) is 0 Å². The highest BCUT2D eigenvalue weighted by atomic mass is 32.2. The summed E-state index contributed by atoms with van der Waals surface area (Å²) in [5.41, 5.74) is 0.749. The number of unbranched alkanes of at least 4 members (excludes halogenated alkanes) is 2. The van der Waals surface area contributed by atoms with Crippen molar-refractivity contribution in [1.29, 1.82) is 0 Å². The number of benzene rings is 1. The van der Waals surface area contributed by atoms with Crippen molar-refractivity contribution in [2.75, 3.05) is 25.4 Å². The van der Waals surface area contributed by atoms with E-state index in [9.17, 15) is 18.3 Å². The lowest BCUT2D eigenvalue weighted by Crippen LogP contribution is -2.43. The van der Waals surface area contributed by atoms with Crippen LogP contribution in [0.3, 0.4) is 0 Å². The summed E-state index contributed by atoms with van der Waals surface area (Å²) in [5.74, 6) is 0.352. The Balaban J connectivity index is 1.74. The molecule has 2 rings (SSSR count). The van der Waals surface area contributed by atoms with Crippen LogP contribution in [-0.2, 0) is 21.2 Å². The third-order valence-electron chi connectivity index (χ3n) is 5.48. The normalized spacial score (nSPS) is 16.3. The van der Waals surface area contributed by atoms with Crippen LogP contribution in [0.25, 0.3) is 0 Å². The number of carbonyl (C=O) groups is 1. The van der Waals surface area contributed by atoms with Crippen molar-refractivity contribution in [1.82, 2.24) is 10.0 Å². The van der Waals surface area contributed by atoms with E-state index in [4.69, 9.17) is 4.74 Å². The first-order valence-corrected chi connectivity index (χ1v) is 12.7. The molecule has 0 bridgehead atoms. The molecule has 1 aromatic carbocycles. The first kappa shape index (κ1) is 24.6. The molecule has 0 unspecified atom stereocenters. The van der Waals surface area contributed by atoms with Gasteiger partial charge in [-0.1, -0.05) is 31.9 Å². The number of carboxylic acid groups (broad SMARTS) is 1. The maximum absolute atomic E-state index is 12.0. The van der Waals surface area contributed by atoms with E-state index in [2.05, 4.69) is 10.0 Å². The van der Waals surface area contributed by atoms with Crippen molar-refractivity contribution >= 4 is 16.0 Å². The van der Waals surface area contributed by atoms with E-state index in [-0.39, 0.29) is 12.2 Å². The third kappa shape index (κ3) is 9.45. The van der Waals surface area contributed by atoms with E-state index in [1.807, 2.05) is 19.1 Å². The van der Waals surface area contributed by atoms with E-state index in [0.717, 1.165) is 43.2 Å². The molecule has 1 saturated heterocycles. The zero-order valence-electron chi connectivity index (χ0n) is 17.9. The Hall–Kier alpha value is -1.64. The summed E-state index contributed by atoms with van der Waals surface area (Å²) in [5, 5.41) is 12.8. The predicted octanol–water partition coefficient (Wildman–Crippen LogP) is 2.95. The second-order valence-electron chi connectivity index (χ2n) is 8.07. The van der Waals surface area contributed by atoms with E-state index in [1.54, 1.807) is 12.1 Å². The molecule has 1 fully saturated rings. The highest BCUT2D eigenvalue weighted by molar-refractivity contribution is 7.89. The van der Waals surface area contributed by atoms with Gasteiger partial charge in [-0.05, 0) is 75.2 Å². The molecule has 0 amide bonds. The Kier molecular flexibility index (Phi) is 10.6. The molecule has 0 saturated carbocycles. The number of sulfonamides is 1. The molecule has 0 spiro atoms. The number of carboxylic acids is 1. The van der Waals surface area contributed by atoms with Crippen LogP contribution in [0.5, 0.6) is 5.75 Å². The third-order valence-corrected chi connectivity index (χ3v) is 6.95. The largest absolute Gasteiger partial charge is 0.494 e. The molecule has 0 aliphatic carbocycles. The molecule has 1 aliphatic heterocycles. The first-order valence-electron chi connectivity index (χ1n) is 11.0. The van der Waals surface area contributed by atoms with Gasteiger partial charge in [-0.2, -0.15) is 0 Å².